The molecule has 0 radical (unpaired) electrons. The smallest absolute Gasteiger partial charge is 0.337 e. The van der Waals surface area contributed by atoms with Gasteiger partial charge in [-0.15, -0.1) is 0 Å². The van der Waals surface area contributed by atoms with Crippen molar-refractivity contribution >= 4 is 5.78 Å². The maximum Gasteiger partial charge on any atom is 0.416 e. The molecule has 0 saturated heterocycles. The first kappa shape index (κ1) is 13.3. The number of aromatic nitrogens is 2. The summed E-state index contributed by atoms with van der Waals surface area (Å²) in [5, 5.41) is 0. The predicted molar refractivity (Wildman–Crippen MR) is 62.6 cm³/mol. The van der Waals surface area contributed by atoms with Crippen LogP contribution in [0.15, 0.2) is 43.0 Å². The standard InChI is InChI=1S/C13H11F3N2O/c14-13(15,16)11-3-1-2-10(8-11)12(19)4-6-18-7-5-17-9-18/h1-3,5,7-9H,4,6H2. The van der Waals surface area contributed by atoms with E-state index >= 15 is 0 Å². The van der Waals surface area contributed by atoms with Gasteiger partial charge < -0.3 is 4.57 Å². The maximum atomic E-state index is 12.5. The van der Waals surface area contributed by atoms with Crippen LogP contribution in [0.25, 0.3) is 0 Å². The van der Waals surface area contributed by atoms with E-state index in [-0.39, 0.29) is 17.8 Å². The lowest BCUT2D eigenvalue weighted by molar-refractivity contribution is -0.137. The zero-order chi connectivity index (χ0) is 13.9. The average molecular weight is 268 g/mol. The third-order valence-corrected chi connectivity index (χ3v) is 2.67. The Morgan fingerprint density at radius 3 is 2.74 bits per heavy atom. The van der Waals surface area contributed by atoms with E-state index in [1.165, 1.54) is 12.1 Å². The van der Waals surface area contributed by atoms with Gasteiger partial charge in [-0.05, 0) is 12.1 Å². The van der Waals surface area contributed by atoms with Gasteiger partial charge in [0.1, 0.15) is 0 Å². The summed E-state index contributed by atoms with van der Waals surface area (Å²) in [5.41, 5.74) is -0.726. The van der Waals surface area contributed by atoms with E-state index < -0.39 is 11.7 Å². The summed E-state index contributed by atoms with van der Waals surface area (Å²) in [5.74, 6) is -0.320. The topological polar surface area (TPSA) is 34.9 Å². The second kappa shape index (κ2) is 5.26. The molecule has 0 aliphatic rings. The molecule has 1 aromatic carbocycles. The predicted octanol–water partition coefficient (Wildman–Crippen LogP) is 3.17. The van der Waals surface area contributed by atoms with Crippen molar-refractivity contribution in [2.24, 2.45) is 0 Å². The fraction of sp³-hybridized carbons (Fsp3) is 0.231. The van der Waals surface area contributed by atoms with Crippen molar-refractivity contribution in [2.75, 3.05) is 0 Å². The van der Waals surface area contributed by atoms with Crippen molar-refractivity contribution < 1.29 is 18.0 Å². The minimum atomic E-state index is -4.43. The van der Waals surface area contributed by atoms with Crippen LogP contribution in [0.3, 0.4) is 0 Å². The number of nitrogens with zero attached hydrogens (tertiary/aromatic N) is 2. The molecule has 2 rings (SSSR count). The van der Waals surface area contributed by atoms with Gasteiger partial charge >= 0.3 is 6.18 Å². The summed E-state index contributed by atoms with van der Waals surface area (Å²) in [6.45, 7) is 0.398. The molecule has 100 valence electrons. The Bertz CT molecular complexity index is 562. The Morgan fingerprint density at radius 2 is 2.11 bits per heavy atom. The van der Waals surface area contributed by atoms with Gasteiger partial charge in [-0.2, -0.15) is 13.2 Å². The molecule has 2 aromatic rings. The number of aryl methyl sites for hydroxylation is 1. The van der Waals surface area contributed by atoms with Gasteiger partial charge in [0.25, 0.3) is 0 Å². The van der Waals surface area contributed by atoms with Gasteiger partial charge in [0.2, 0.25) is 0 Å². The number of Topliss-reactive ketones (excluding diaryl/α,β-unsaturated/α-hetero) is 1. The lowest BCUT2D eigenvalue weighted by atomic mass is 10.0. The molecule has 6 heteroatoms. The molecular formula is C13H11F3N2O. The lowest BCUT2D eigenvalue weighted by Gasteiger charge is -2.08. The van der Waals surface area contributed by atoms with Gasteiger partial charge in [0.15, 0.2) is 5.78 Å². The number of halogens is 3. The Labute approximate surface area is 107 Å². The molecule has 0 fully saturated rings. The van der Waals surface area contributed by atoms with Crippen LogP contribution in [-0.2, 0) is 12.7 Å². The summed E-state index contributed by atoms with van der Waals surface area (Å²) < 4.78 is 39.3. The number of imidazole rings is 1. The molecule has 0 amide bonds. The molecule has 0 N–H and O–H groups in total. The summed E-state index contributed by atoms with van der Waals surface area (Å²) in [4.78, 5) is 15.6. The molecule has 0 aliphatic heterocycles. The van der Waals surface area contributed by atoms with E-state index in [1.54, 1.807) is 23.3 Å². The lowest BCUT2D eigenvalue weighted by Crippen LogP contribution is -2.09. The van der Waals surface area contributed by atoms with Crippen LogP contribution in [0.5, 0.6) is 0 Å². The third-order valence-electron chi connectivity index (χ3n) is 2.67. The minimum Gasteiger partial charge on any atom is -0.337 e. The quantitative estimate of drug-likeness (QED) is 0.798. The van der Waals surface area contributed by atoms with Crippen molar-refractivity contribution in [3.8, 4) is 0 Å². The second-order valence-electron chi connectivity index (χ2n) is 4.05. The number of hydrogen-bond acceptors (Lipinski definition) is 2. The highest BCUT2D eigenvalue weighted by atomic mass is 19.4. The summed E-state index contributed by atoms with van der Waals surface area (Å²) in [6.07, 6.45) is 0.534. The number of alkyl halides is 3. The third kappa shape index (κ3) is 3.43. The van der Waals surface area contributed by atoms with E-state index in [1.807, 2.05) is 0 Å². The highest BCUT2D eigenvalue weighted by Gasteiger charge is 2.30. The molecular weight excluding hydrogens is 257 g/mol. The Hall–Kier alpha value is -2.11. The van der Waals surface area contributed by atoms with Crippen molar-refractivity contribution in [2.45, 2.75) is 19.1 Å². The number of benzene rings is 1. The number of carbonyl (C=O) groups excluding carboxylic acids is 1. The van der Waals surface area contributed by atoms with Crippen LogP contribution in [0.1, 0.15) is 22.3 Å². The molecule has 0 spiro atoms. The summed E-state index contributed by atoms with van der Waals surface area (Å²) in [7, 11) is 0. The normalized spacial score (nSPS) is 11.5. The zero-order valence-corrected chi connectivity index (χ0v) is 9.89. The fourth-order valence-electron chi connectivity index (χ4n) is 1.66. The van der Waals surface area contributed by atoms with E-state index in [0.717, 1.165) is 12.1 Å². The van der Waals surface area contributed by atoms with Crippen LogP contribution in [0, 0.1) is 0 Å². The fourth-order valence-corrected chi connectivity index (χ4v) is 1.66. The molecule has 0 unspecified atom stereocenters. The molecule has 1 heterocycles. The first-order valence-corrected chi connectivity index (χ1v) is 5.63. The monoisotopic (exact) mass is 268 g/mol. The Morgan fingerprint density at radius 1 is 1.32 bits per heavy atom. The van der Waals surface area contributed by atoms with Crippen molar-refractivity contribution in [1.29, 1.82) is 0 Å². The largest absolute Gasteiger partial charge is 0.416 e. The maximum absolute atomic E-state index is 12.5. The Balaban J connectivity index is 2.07. The van der Waals surface area contributed by atoms with E-state index in [2.05, 4.69) is 4.98 Å². The van der Waals surface area contributed by atoms with Gasteiger partial charge in [0, 0.05) is 30.9 Å². The van der Waals surface area contributed by atoms with Gasteiger partial charge in [-0.3, -0.25) is 4.79 Å². The van der Waals surface area contributed by atoms with Gasteiger partial charge in [0.05, 0.1) is 11.9 Å². The molecule has 3 nitrogen and oxygen atoms in total. The van der Waals surface area contributed by atoms with E-state index in [9.17, 15) is 18.0 Å². The van der Waals surface area contributed by atoms with Crippen LogP contribution in [0.2, 0.25) is 0 Å². The van der Waals surface area contributed by atoms with Crippen molar-refractivity contribution in [1.82, 2.24) is 9.55 Å². The number of carbonyl (C=O) groups is 1. The van der Waals surface area contributed by atoms with Crippen LogP contribution < -0.4 is 0 Å². The van der Waals surface area contributed by atoms with Crippen molar-refractivity contribution in [3.05, 3.63) is 54.1 Å². The van der Waals surface area contributed by atoms with Crippen LogP contribution in [-0.4, -0.2) is 15.3 Å². The number of hydrogen-bond donors (Lipinski definition) is 0. The van der Waals surface area contributed by atoms with E-state index in [0.29, 0.717) is 6.54 Å². The molecule has 0 bridgehead atoms. The van der Waals surface area contributed by atoms with Crippen LogP contribution in [0.4, 0.5) is 13.2 Å². The van der Waals surface area contributed by atoms with Crippen molar-refractivity contribution in [3.63, 3.8) is 0 Å². The molecule has 0 atom stereocenters. The Kier molecular flexibility index (Phi) is 3.69. The first-order valence-electron chi connectivity index (χ1n) is 5.63. The van der Waals surface area contributed by atoms with Crippen LogP contribution >= 0.6 is 0 Å². The highest BCUT2D eigenvalue weighted by molar-refractivity contribution is 5.96. The number of ketones is 1. The average Bonchev–Trinajstić information content (AvgIpc) is 2.88. The molecule has 19 heavy (non-hydrogen) atoms. The first-order chi connectivity index (χ1) is 8.97. The summed E-state index contributed by atoms with van der Waals surface area (Å²) in [6, 6.07) is 4.47. The zero-order valence-electron chi connectivity index (χ0n) is 9.89. The van der Waals surface area contributed by atoms with Gasteiger partial charge in [-0.1, -0.05) is 12.1 Å². The molecule has 1 aromatic heterocycles. The molecule has 0 aliphatic carbocycles. The summed E-state index contributed by atoms with van der Waals surface area (Å²) >= 11 is 0. The minimum absolute atomic E-state index is 0.0786. The van der Waals surface area contributed by atoms with Gasteiger partial charge in [-0.25, -0.2) is 4.98 Å². The highest BCUT2D eigenvalue weighted by Crippen LogP contribution is 2.29. The number of rotatable bonds is 4. The second-order valence-corrected chi connectivity index (χ2v) is 4.05. The molecule has 0 saturated carbocycles. The SMILES string of the molecule is O=C(CCn1ccnc1)c1cccc(C(F)(F)F)c1. The van der Waals surface area contributed by atoms with E-state index in [4.69, 9.17) is 0 Å².